The Labute approximate surface area is 122 Å². The average Bonchev–Trinajstić information content (AvgIpc) is 2.47. The Bertz CT molecular complexity index is 436. The lowest BCUT2D eigenvalue weighted by Crippen LogP contribution is -2.39. The molecule has 2 rings (SSSR count). The second-order valence-corrected chi connectivity index (χ2v) is 5.66. The van der Waals surface area contributed by atoms with E-state index in [4.69, 9.17) is 9.47 Å². The zero-order valence-corrected chi connectivity index (χ0v) is 13.0. The number of likely N-dealkylation sites (tertiary alicyclic amines) is 1. The lowest BCUT2D eigenvalue weighted by Gasteiger charge is -2.34. The first kappa shape index (κ1) is 15.0. The van der Waals surface area contributed by atoms with E-state index in [0.29, 0.717) is 12.0 Å². The van der Waals surface area contributed by atoms with Crippen LogP contribution < -0.4 is 14.8 Å². The van der Waals surface area contributed by atoms with Gasteiger partial charge in [-0.05, 0) is 51.4 Å². The molecule has 2 unspecified atom stereocenters. The second kappa shape index (κ2) is 6.84. The van der Waals surface area contributed by atoms with E-state index in [9.17, 15) is 0 Å². The molecule has 1 fully saturated rings. The summed E-state index contributed by atoms with van der Waals surface area (Å²) < 4.78 is 10.7. The molecule has 4 heteroatoms. The van der Waals surface area contributed by atoms with Crippen LogP contribution in [0.3, 0.4) is 0 Å². The minimum absolute atomic E-state index is 0.431. The molecule has 2 atom stereocenters. The maximum Gasteiger partial charge on any atom is 0.145 e. The Balaban J connectivity index is 2.04. The van der Waals surface area contributed by atoms with Gasteiger partial charge in [-0.15, -0.1) is 0 Å². The van der Waals surface area contributed by atoms with Crippen LogP contribution in [0.15, 0.2) is 18.2 Å². The van der Waals surface area contributed by atoms with Crippen molar-refractivity contribution in [3.8, 4) is 11.5 Å². The zero-order valence-electron chi connectivity index (χ0n) is 13.0. The Morgan fingerprint density at radius 1 is 1.30 bits per heavy atom. The van der Waals surface area contributed by atoms with Gasteiger partial charge < -0.3 is 19.7 Å². The van der Waals surface area contributed by atoms with Gasteiger partial charge in [0.15, 0.2) is 0 Å². The van der Waals surface area contributed by atoms with E-state index in [1.54, 1.807) is 14.2 Å². The predicted octanol–water partition coefficient (Wildman–Crippen LogP) is 2.85. The van der Waals surface area contributed by atoms with Crippen molar-refractivity contribution >= 4 is 5.69 Å². The molecule has 1 N–H and O–H groups in total. The van der Waals surface area contributed by atoms with Crippen LogP contribution in [0, 0.1) is 5.92 Å². The van der Waals surface area contributed by atoms with Crippen molar-refractivity contribution in [3.63, 3.8) is 0 Å². The van der Waals surface area contributed by atoms with Gasteiger partial charge in [0.05, 0.1) is 19.9 Å². The number of hydrogen-bond donors (Lipinski definition) is 1. The number of piperidine rings is 1. The van der Waals surface area contributed by atoms with Crippen LogP contribution in [-0.4, -0.2) is 45.3 Å². The first-order valence-corrected chi connectivity index (χ1v) is 7.31. The van der Waals surface area contributed by atoms with E-state index in [1.165, 1.54) is 19.4 Å². The lowest BCUT2D eigenvalue weighted by atomic mass is 9.91. The fourth-order valence-corrected chi connectivity index (χ4v) is 2.90. The van der Waals surface area contributed by atoms with E-state index < -0.39 is 0 Å². The molecule has 0 spiro atoms. The summed E-state index contributed by atoms with van der Waals surface area (Å²) in [5.74, 6) is 2.33. The smallest absolute Gasteiger partial charge is 0.145 e. The Kier molecular flexibility index (Phi) is 5.12. The quantitative estimate of drug-likeness (QED) is 0.898. The molecule has 0 saturated carbocycles. The molecule has 1 heterocycles. The molecule has 4 nitrogen and oxygen atoms in total. The minimum atomic E-state index is 0.431. The fraction of sp³-hybridized carbons (Fsp3) is 0.625. The molecule has 20 heavy (non-hydrogen) atoms. The summed E-state index contributed by atoms with van der Waals surface area (Å²) in [4.78, 5) is 2.41. The number of benzene rings is 1. The van der Waals surface area contributed by atoms with E-state index in [1.807, 2.05) is 18.2 Å². The molecule has 1 aromatic rings. The van der Waals surface area contributed by atoms with Gasteiger partial charge in [0.2, 0.25) is 0 Å². The predicted molar refractivity (Wildman–Crippen MR) is 82.9 cm³/mol. The molecular formula is C16H26N2O2. The van der Waals surface area contributed by atoms with E-state index >= 15 is 0 Å². The van der Waals surface area contributed by atoms with Gasteiger partial charge in [0.25, 0.3) is 0 Å². The molecule has 0 aliphatic carbocycles. The van der Waals surface area contributed by atoms with Gasteiger partial charge in [0, 0.05) is 18.7 Å². The summed E-state index contributed by atoms with van der Waals surface area (Å²) in [5, 5.41) is 3.60. The first-order chi connectivity index (χ1) is 9.63. The van der Waals surface area contributed by atoms with Crippen LogP contribution in [0.5, 0.6) is 11.5 Å². The Hall–Kier alpha value is -1.42. The average molecular weight is 278 g/mol. The van der Waals surface area contributed by atoms with Crippen molar-refractivity contribution in [2.24, 2.45) is 5.92 Å². The van der Waals surface area contributed by atoms with E-state index in [2.05, 4.69) is 24.2 Å². The zero-order chi connectivity index (χ0) is 14.5. The van der Waals surface area contributed by atoms with Crippen LogP contribution in [0.2, 0.25) is 0 Å². The molecule has 0 amide bonds. The first-order valence-electron chi connectivity index (χ1n) is 7.31. The fourth-order valence-electron chi connectivity index (χ4n) is 2.90. The van der Waals surface area contributed by atoms with Gasteiger partial charge in [-0.2, -0.15) is 0 Å². The van der Waals surface area contributed by atoms with Crippen LogP contribution in [0.4, 0.5) is 5.69 Å². The number of anilines is 1. The molecule has 112 valence electrons. The normalized spacial score (nSPS) is 21.3. The topological polar surface area (TPSA) is 33.7 Å². The van der Waals surface area contributed by atoms with Crippen molar-refractivity contribution in [2.45, 2.75) is 25.8 Å². The van der Waals surface area contributed by atoms with Crippen molar-refractivity contribution in [3.05, 3.63) is 18.2 Å². The highest BCUT2D eigenvalue weighted by molar-refractivity contribution is 5.59. The summed E-state index contributed by atoms with van der Waals surface area (Å²) in [6.45, 7) is 4.63. The summed E-state index contributed by atoms with van der Waals surface area (Å²) in [6.07, 6.45) is 2.57. The lowest BCUT2D eigenvalue weighted by molar-refractivity contribution is 0.197. The molecule has 1 aliphatic rings. The summed E-state index contributed by atoms with van der Waals surface area (Å²) in [7, 11) is 5.56. The minimum Gasteiger partial charge on any atom is -0.497 e. The van der Waals surface area contributed by atoms with E-state index in [0.717, 1.165) is 23.7 Å². The van der Waals surface area contributed by atoms with Crippen LogP contribution in [0.1, 0.15) is 19.8 Å². The number of hydrogen-bond acceptors (Lipinski definition) is 4. The number of nitrogens with zero attached hydrogens (tertiary/aromatic N) is 1. The van der Waals surface area contributed by atoms with Crippen molar-refractivity contribution < 1.29 is 9.47 Å². The largest absolute Gasteiger partial charge is 0.497 e. The van der Waals surface area contributed by atoms with Crippen molar-refractivity contribution in [1.29, 1.82) is 0 Å². The molecule has 1 aliphatic heterocycles. The molecule has 1 aromatic carbocycles. The molecule has 0 bridgehead atoms. The second-order valence-electron chi connectivity index (χ2n) is 5.66. The third-order valence-electron chi connectivity index (χ3n) is 4.16. The maximum atomic E-state index is 5.44. The number of ether oxygens (including phenoxy) is 2. The highest BCUT2D eigenvalue weighted by atomic mass is 16.5. The highest BCUT2D eigenvalue weighted by Gasteiger charge is 2.23. The third kappa shape index (κ3) is 3.57. The summed E-state index contributed by atoms with van der Waals surface area (Å²) >= 11 is 0. The van der Waals surface area contributed by atoms with Gasteiger partial charge in [-0.1, -0.05) is 0 Å². The summed E-state index contributed by atoms with van der Waals surface area (Å²) in [5.41, 5.74) is 1.04. The van der Waals surface area contributed by atoms with Gasteiger partial charge in [0.1, 0.15) is 11.5 Å². The molecule has 1 saturated heterocycles. The SMILES string of the molecule is COc1ccc(NC(C)C2CCCN(C)C2)c(OC)c1. The number of rotatable bonds is 5. The van der Waals surface area contributed by atoms with Gasteiger partial charge in [-0.25, -0.2) is 0 Å². The third-order valence-corrected chi connectivity index (χ3v) is 4.16. The number of nitrogens with one attached hydrogen (secondary N) is 1. The molecule has 0 radical (unpaired) electrons. The Morgan fingerprint density at radius 3 is 2.75 bits per heavy atom. The van der Waals surface area contributed by atoms with Gasteiger partial charge >= 0.3 is 0 Å². The van der Waals surface area contributed by atoms with Crippen molar-refractivity contribution in [1.82, 2.24) is 4.90 Å². The standard InChI is InChI=1S/C16H26N2O2/c1-12(13-6-5-9-18(2)11-13)17-15-8-7-14(19-3)10-16(15)20-4/h7-8,10,12-13,17H,5-6,9,11H2,1-4H3. The summed E-state index contributed by atoms with van der Waals surface area (Å²) in [6, 6.07) is 6.34. The van der Waals surface area contributed by atoms with Crippen LogP contribution in [0.25, 0.3) is 0 Å². The monoisotopic (exact) mass is 278 g/mol. The van der Waals surface area contributed by atoms with Gasteiger partial charge in [-0.3, -0.25) is 0 Å². The van der Waals surface area contributed by atoms with E-state index in [-0.39, 0.29) is 0 Å². The Morgan fingerprint density at radius 2 is 2.10 bits per heavy atom. The number of methoxy groups -OCH3 is 2. The maximum absolute atomic E-state index is 5.44. The van der Waals surface area contributed by atoms with Crippen LogP contribution >= 0.6 is 0 Å². The molecule has 0 aromatic heterocycles. The van der Waals surface area contributed by atoms with Crippen molar-refractivity contribution in [2.75, 3.05) is 39.7 Å². The van der Waals surface area contributed by atoms with Crippen LogP contribution in [-0.2, 0) is 0 Å². The highest BCUT2D eigenvalue weighted by Crippen LogP contribution is 2.31. The molecular weight excluding hydrogens is 252 g/mol.